The molecule has 1 aliphatic heterocycles. The van der Waals surface area contributed by atoms with Crippen molar-refractivity contribution in [2.24, 2.45) is 0 Å². The Balaban J connectivity index is 0.00000294. The number of esters is 1. The number of aromatic hydroxyl groups is 1. The lowest BCUT2D eigenvalue weighted by molar-refractivity contribution is -0.153. The average molecular weight is 685 g/mol. The first-order chi connectivity index (χ1) is 22.2. The van der Waals surface area contributed by atoms with E-state index in [0.717, 1.165) is 5.56 Å². The number of ether oxygens (including phenoxy) is 1. The largest absolute Gasteiger partial charge is 0.505 e. The highest BCUT2D eigenvalue weighted by molar-refractivity contribution is 7.56. The van der Waals surface area contributed by atoms with Gasteiger partial charge < -0.3 is 24.2 Å². The maximum absolute atomic E-state index is 13.9. The fraction of sp³-hybridized carbons (Fsp3) is 0.419. The van der Waals surface area contributed by atoms with Gasteiger partial charge in [0.15, 0.2) is 12.4 Å². The molecule has 2 atom stereocenters. The molecule has 16 heteroatoms. The van der Waals surface area contributed by atoms with Crippen LogP contribution >= 0.6 is 7.52 Å². The Labute approximate surface area is 269 Å². The fourth-order valence-corrected chi connectivity index (χ4v) is 7.04. The number of fused-ring (bicyclic) bond motifs is 2. The van der Waals surface area contributed by atoms with Gasteiger partial charge in [-0.25, -0.2) is 5.09 Å². The van der Waals surface area contributed by atoms with Crippen LogP contribution in [-0.2, 0) is 31.7 Å². The van der Waals surface area contributed by atoms with Crippen molar-refractivity contribution in [1.82, 2.24) is 19.9 Å². The lowest BCUT2D eigenvalue weighted by atomic mass is 9.95. The molecule has 0 saturated carbocycles. The summed E-state index contributed by atoms with van der Waals surface area (Å²) in [6.45, 7) is 1.30. The third kappa shape index (κ3) is 9.27. The van der Waals surface area contributed by atoms with Gasteiger partial charge in [0.1, 0.15) is 11.6 Å². The topological polar surface area (TPSA) is 138 Å². The second-order valence-corrected chi connectivity index (χ2v) is 12.9. The molecule has 47 heavy (non-hydrogen) atoms. The van der Waals surface area contributed by atoms with Gasteiger partial charge in [-0.2, -0.15) is 13.2 Å². The van der Waals surface area contributed by atoms with Crippen LogP contribution in [0, 0.1) is 0 Å². The molecule has 0 radical (unpaired) electrons. The van der Waals surface area contributed by atoms with Crippen LogP contribution in [0.3, 0.4) is 0 Å². The van der Waals surface area contributed by atoms with Gasteiger partial charge in [0, 0.05) is 50.0 Å². The van der Waals surface area contributed by atoms with E-state index >= 15 is 0 Å². The predicted molar refractivity (Wildman–Crippen MR) is 166 cm³/mol. The standard InChI is InChI=1S/C30H34F3N4O7P.CH3F/c1-4-43-29(41)19(2)35-45(42,44-18-30(31,32)33)15-9-14-36(3)27(39)23-21-12-8-13-34-25(21)26(38)24-22(23)17-37(28(24)40)16-20-10-6-5-7-11-20;1-2/h5-8,10-13,19,38H,4,9,14-18H2,1-3H3,(H,35,42);1H3/t19-,45?;/m0./s1. The molecule has 0 fully saturated rings. The Kier molecular flexibility index (Phi) is 12.9. The highest BCUT2D eigenvalue weighted by Gasteiger charge is 2.38. The predicted octanol–water partition coefficient (Wildman–Crippen LogP) is 5.46. The van der Waals surface area contributed by atoms with Crippen molar-refractivity contribution in [3.8, 4) is 5.75 Å². The third-order valence-corrected chi connectivity index (χ3v) is 9.41. The Bertz CT molecular complexity index is 1620. The molecule has 2 N–H and O–H groups in total. The molecule has 0 saturated heterocycles. The fourth-order valence-electron chi connectivity index (χ4n) is 5.10. The number of benzene rings is 2. The van der Waals surface area contributed by atoms with Gasteiger partial charge >= 0.3 is 12.1 Å². The van der Waals surface area contributed by atoms with Crippen LogP contribution in [0.25, 0.3) is 10.9 Å². The highest BCUT2D eigenvalue weighted by Crippen LogP contribution is 2.45. The number of carbonyl (C=O) groups is 3. The minimum atomic E-state index is -4.77. The number of carbonyl (C=O) groups excluding carboxylic acids is 3. The van der Waals surface area contributed by atoms with Gasteiger partial charge in [0.05, 0.1) is 24.9 Å². The van der Waals surface area contributed by atoms with Crippen LogP contribution in [0.5, 0.6) is 5.75 Å². The first-order valence-electron chi connectivity index (χ1n) is 14.6. The number of phenols is 1. The molecule has 0 spiro atoms. The summed E-state index contributed by atoms with van der Waals surface area (Å²) in [6.07, 6.45) is -3.83. The number of alkyl halides is 4. The van der Waals surface area contributed by atoms with Gasteiger partial charge in [-0.3, -0.25) is 28.3 Å². The molecule has 2 heterocycles. The van der Waals surface area contributed by atoms with E-state index in [4.69, 9.17) is 9.26 Å². The van der Waals surface area contributed by atoms with Crippen molar-refractivity contribution >= 4 is 36.2 Å². The van der Waals surface area contributed by atoms with Gasteiger partial charge in [-0.05, 0) is 31.9 Å². The first kappa shape index (κ1) is 37.4. The smallest absolute Gasteiger partial charge is 0.412 e. The molecule has 0 aliphatic carbocycles. The number of rotatable bonds is 13. The summed E-state index contributed by atoms with van der Waals surface area (Å²) in [4.78, 5) is 46.4. The van der Waals surface area contributed by atoms with Gasteiger partial charge in [0.25, 0.3) is 19.3 Å². The Morgan fingerprint density at radius 3 is 2.49 bits per heavy atom. The van der Waals surface area contributed by atoms with Crippen LogP contribution in [0.15, 0.2) is 48.7 Å². The van der Waals surface area contributed by atoms with E-state index in [2.05, 4.69) is 10.1 Å². The number of aromatic nitrogens is 1. The second kappa shape index (κ2) is 16.2. The van der Waals surface area contributed by atoms with Crippen molar-refractivity contribution < 1.29 is 50.9 Å². The normalized spacial score (nSPS) is 14.6. The number of nitrogens with one attached hydrogen (secondary N) is 1. The molecular formula is C31H37F4N4O7P. The highest BCUT2D eigenvalue weighted by atomic mass is 31.2. The molecule has 1 aromatic heterocycles. The van der Waals surface area contributed by atoms with Crippen molar-refractivity contribution in [1.29, 1.82) is 0 Å². The maximum atomic E-state index is 13.9. The van der Waals surface area contributed by atoms with E-state index in [-0.39, 0.29) is 55.1 Å². The van der Waals surface area contributed by atoms with E-state index in [1.54, 1.807) is 19.1 Å². The molecule has 256 valence electrons. The monoisotopic (exact) mass is 684 g/mol. The molecule has 2 aromatic carbocycles. The summed E-state index contributed by atoms with van der Waals surface area (Å²) >= 11 is 0. The SMILES string of the molecule is CCOC(=O)[C@H](C)NP(=O)(CCCN(C)C(=O)c1c2c(c(O)c3ncccc13)C(=O)N(Cc1ccccc1)C2)OCC(F)(F)F.CF. The molecule has 0 bridgehead atoms. The van der Waals surface area contributed by atoms with E-state index in [9.17, 15) is 41.6 Å². The van der Waals surface area contributed by atoms with Crippen molar-refractivity contribution in [3.63, 3.8) is 0 Å². The minimum absolute atomic E-state index is 0.0175. The minimum Gasteiger partial charge on any atom is -0.505 e. The summed E-state index contributed by atoms with van der Waals surface area (Å²) in [7, 11) is -2.26. The van der Waals surface area contributed by atoms with Gasteiger partial charge in [0.2, 0.25) is 0 Å². The van der Waals surface area contributed by atoms with Gasteiger partial charge in [-0.15, -0.1) is 0 Å². The zero-order chi connectivity index (χ0) is 34.9. The Morgan fingerprint density at radius 1 is 1.17 bits per heavy atom. The maximum Gasteiger partial charge on any atom is 0.412 e. The molecule has 1 aliphatic rings. The van der Waals surface area contributed by atoms with Crippen LogP contribution < -0.4 is 5.09 Å². The molecule has 3 aromatic rings. The number of phenolic OH excluding ortho intramolecular Hbond substituents is 1. The average Bonchev–Trinajstić information content (AvgIpc) is 3.36. The quantitative estimate of drug-likeness (QED) is 0.137. The number of hydrogen-bond acceptors (Lipinski definition) is 8. The van der Waals surface area contributed by atoms with Crippen LogP contribution in [-0.4, -0.2) is 90.0 Å². The van der Waals surface area contributed by atoms with E-state index in [0.29, 0.717) is 18.1 Å². The zero-order valence-corrected chi connectivity index (χ0v) is 27.2. The summed E-state index contributed by atoms with van der Waals surface area (Å²) < 4.78 is 71.2. The van der Waals surface area contributed by atoms with Gasteiger partial charge in [-0.1, -0.05) is 36.4 Å². The Hall–Kier alpha value is -4.07. The number of nitrogens with zero attached hydrogens (tertiary/aromatic N) is 3. The molecule has 1 unspecified atom stereocenters. The molecule has 2 amide bonds. The third-order valence-electron chi connectivity index (χ3n) is 7.18. The zero-order valence-electron chi connectivity index (χ0n) is 26.3. The van der Waals surface area contributed by atoms with Crippen LogP contribution in [0.1, 0.15) is 52.1 Å². The van der Waals surface area contributed by atoms with Crippen molar-refractivity contribution in [2.45, 2.75) is 45.6 Å². The van der Waals surface area contributed by atoms with Crippen LogP contribution in [0.2, 0.25) is 0 Å². The number of pyridine rings is 1. The summed E-state index contributed by atoms with van der Waals surface area (Å²) in [6, 6.07) is 11.2. The molecule has 11 nitrogen and oxygen atoms in total. The van der Waals surface area contributed by atoms with E-state index < -0.39 is 50.3 Å². The molecule has 4 rings (SSSR count). The summed E-state index contributed by atoms with van der Waals surface area (Å²) in [5, 5.41) is 13.7. The number of hydrogen-bond donors (Lipinski definition) is 2. The van der Waals surface area contributed by atoms with E-state index in [1.165, 1.54) is 30.0 Å². The summed E-state index contributed by atoms with van der Waals surface area (Å²) in [5.74, 6) is -2.12. The lowest BCUT2D eigenvalue weighted by Crippen LogP contribution is -2.36. The van der Waals surface area contributed by atoms with Crippen molar-refractivity contribution in [3.05, 3.63) is 70.9 Å². The number of halogens is 4. The van der Waals surface area contributed by atoms with Crippen LogP contribution in [0.4, 0.5) is 17.6 Å². The number of amides is 2. The first-order valence-corrected chi connectivity index (χ1v) is 16.4. The van der Waals surface area contributed by atoms with E-state index in [1.807, 2.05) is 30.3 Å². The van der Waals surface area contributed by atoms with Crippen molar-refractivity contribution in [2.75, 3.05) is 40.1 Å². The Morgan fingerprint density at radius 2 is 1.85 bits per heavy atom. The lowest BCUT2D eigenvalue weighted by Gasteiger charge is -2.25. The second-order valence-electron chi connectivity index (χ2n) is 10.6. The molecular weight excluding hydrogens is 647 g/mol. The summed E-state index contributed by atoms with van der Waals surface area (Å²) in [5.41, 5.74) is 1.40.